The smallest absolute Gasteiger partial charge is 0.161 e. The second-order valence-electron chi connectivity index (χ2n) is 8.43. The lowest BCUT2D eigenvalue weighted by Crippen LogP contribution is -2.48. The predicted octanol–water partition coefficient (Wildman–Crippen LogP) is 5.55. The van der Waals surface area contributed by atoms with Gasteiger partial charge >= 0.3 is 0 Å². The molecule has 1 aliphatic carbocycles. The van der Waals surface area contributed by atoms with Crippen molar-refractivity contribution in [2.75, 3.05) is 0 Å². The molecule has 1 N–H and O–H groups in total. The monoisotopic (exact) mass is 458 g/mol. The van der Waals surface area contributed by atoms with Crippen molar-refractivity contribution in [1.29, 1.82) is 0 Å². The van der Waals surface area contributed by atoms with Crippen LogP contribution in [-0.2, 0) is 38.8 Å². The number of hydrogen-bond donors (Lipinski definition) is 1. The number of hydrogen-bond acceptors (Lipinski definition) is 5. The van der Waals surface area contributed by atoms with E-state index in [4.69, 9.17) is 14.2 Å². The number of aliphatic hydroxyl groups excluding tert-OH is 1. The second kappa shape index (κ2) is 11.7. The van der Waals surface area contributed by atoms with Gasteiger partial charge in [-0.15, -0.1) is 0 Å². The first-order valence-electron chi connectivity index (χ1n) is 11.5. The fourth-order valence-electron chi connectivity index (χ4n) is 4.17. The molecule has 176 valence electrons. The number of ether oxygens (including phenoxy) is 3. The third kappa shape index (κ3) is 6.20. The van der Waals surface area contributed by atoms with E-state index in [1.807, 2.05) is 91.0 Å². The van der Waals surface area contributed by atoms with Gasteiger partial charge in [-0.2, -0.15) is 0 Å². The van der Waals surface area contributed by atoms with Crippen LogP contribution in [0.3, 0.4) is 0 Å². The van der Waals surface area contributed by atoms with Gasteiger partial charge in [0.15, 0.2) is 5.78 Å². The number of ketones is 1. The lowest BCUT2D eigenvalue weighted by molar-refractivity contribution is -0.153. The molecule has 4 rings (SSSR count). The van der Waals surface area contributed by atoms with E-state index in [0.717, 1.165) is 16.7 Å². The first kappa shape index (κ1) is 23.9. The van der Waals surface area contributed by atoms with Gasteiger partial charge < -0.3 is 19.3 Å². The van der Waals surface area contributed by atoms with Crippen molar-refractivity contribution < 1.29 is 24.1 Å². The maximum absolute atomic E-state index is 12.5. The van der Waals surface area contributed by atoms with E-state index in [-0.39, 0.29) is 30.1 Å². The van der Waals surface area contributed by atoms with Crippen LogP contribution in [0.25, 0.3) is 0 Å². The number of rotatable bonds is 10. The van der Waals surface area contributed by atoms with E-state index in [1.54, 1.807) is 0 Å². The molecule has 3 aromatic carbocycles. The van der Waals surface area contributed by atoms with Gasteiger partial charge in [-0.25, -0.2) is 0 Å². The fraction of sp³-hybridized carbons (Fsp3) is 0.276. The summed E-state index contributed by atoms with van der Waals surface area (Å²) in [6.07, 6.45) is -1.61. The molecule has 0 heterocycles. The molecule has 0 fully saturated rings. The number of carbonyl (C=O) groups is 1. The Bertz CT molecular complexity index is 1080. The lowest BCUT2D eigenvalue weighted by Gasteiger charge is -2.38. The molecule has 0 radical (unpaired) electrons. The first-order chi connectivity index (χ1) is 16.6. The van der Waals surface area contributed by atoms with Crippen molar-refractivity contribution in [2.45, 2.75) is 51.5 Å². The van der Waals surface area contributed by atoms with Crippen molar-refractivity contribution in [2.24, 2.45) is 0 Å². The summed E-state index contributed by atoms with van der Waals surface area (Å²) in [6.45, 7) is 2.44. The van der Waals surface area contributed by atoms with Crippen LogP contribution < -0.4 is 0 Å². The largest absolute Gasteiger partial charge is 0.512 e. The van der Waals surface area contributed by atoms with Gasteiger partial charge in [0, 0.05) is 6.42 Å². The Balaban J connectivity index is 1.59. The number of benzene rings is 3. The molecule has 0 amide bonds. The topological polar surface area (TPSA) is 65.0 Å². The molecule has 0 saturated heterocycles. The molecule has 0 aliphatic heterocycles. The van der Waals surface area contributed by atoms with E-state index in [1.165, 1.54) is 6.92 Å². The first-order valence-corrected chi connectivity index (χ1v) is 11.5. The van der Waals surface area contributed by atoms with Crippen LogP contribution in [0.15, 0.2) is 102 Å². The molecular weight excluding hydrogens is 428 g/mol. The van der Waals surface area contributed by atoms with Crippen LogP contribution in [0.2, 0.25) is 0 Å². The fourth-order valence-corrected chi connectivity index (χ4v) is 4.17. The molecule has 3 atom stereocenters. The summed E-state index contributed by atoms with van der Waals surface area (Å²) >= 11 is 0. The normalized spacial score (nSPS) is 20.3. The molecule has 34 heavy (non-hydrogen) atoms. The van der Waals surface area contributed by atoms with Gasteiger partial charge in [-0.1, -0.05) is 91.0 Å². The molecule has 0 aromatic heterocycles. The minimum atomic E-state index is -0.754. The summed E-state index contributed by atoms with van der Waals surface area (Å²) in [7, 11) is 0. The van der Waals surface area contributed by atoms with Crippen LogP contribution in [0, 0.1) is 0 Å². The van der Waals surface area contributed by atoms with Gasteiger partial charge in [0.25, 0.3) is 0 Å². The average molecular weight is 459 g/mol. The van der Waals surface area contributed by atoms with Crippen molar-refractivity contribution >= 4 is 5.78 Å². The summed E-state index contributed by atoms with van der Waals surface area (Å²) in [5.41, 5.74) is 3.26. The minimum absolute atomic E-state index is 0.00295. The summed E-state index contributed by atoms with van der Waals surface area (Å²) in [5, 5.41) is 10.8. The molecule has 5 nitrogen and oxygen atoms in total. The van der Waals surface area contributed by atoms with Gasteiger partial charge in [-0.05, 0) is 23.6 Å². The van der Waals surface area contributed by atoms with E-state index < -0.39 is 18.3 Å². The molecular formula is C29H30O5. The predicted molar refractivity (Wildman–Crippen MR) is 130 cm³/mol. The molecule has 1 aliphatic rings. The SMILES string of the molecule is CC(=O)C1=C(O)C[C@@H](OCc2ccccc2)[C@H](OCc2ccccc2)[C@H]1OCc1ccccc1. The summed E-state index contributed by atoms with van der Waals surface area (Å²) in [5.74, 6) is -0.228. The van der Waals surface area contributed by atoms with Crippen LogP contribution in [-0.4, -0.2) is 29.2 Å². The molecule has 5 heteroatoms. The molecule has 3 aromatic rings. The van der Waals surface area contributed by atoms with Crippen LogP contribution in [0.4, 0.5) is 0 Å². The van der Waals surface area contributed by atoms with Crippen molar-refractivity contribution in [3.05, 3.63) is 119 Å². The van der Waals surface area contributed by atoms with Gasteiger partial charge in [0.05, 0.1) is 31.5 Å². The number of aliphatic hydroxyl groups is 1. The number of Topliss-reactive ketones (excluding diaryl/α,β-unsaturated/α-hetero) is 1. The highest BCUT2D eigenvalue weighted by Crippen LogP contribution is 2.33. The van der Waals surface area contributed by atoms with Crippen LogP contribution in [0.5, 0.6) is 0 Å². The van der Waals surface area contributed by atoms with Gasteiger partial charge in [0.1, 0.15) is 18.0 Å². The highest BCUT2D eigenvalue weighted by Gasteiger charge is 2.42. The Morgan fingerprint density at radius 2 is 1.18 bits per heavy atom. The summed E-state index contributed by atoms with van der Waals surface area (Å²) in [4.78, 5) is 12.5. The summed E-state index contributed by atoms with van der Waals surface area (Å²) < 4.78 is 18.8. The Labute approximate surface area is 200 Å². The Kier molecular flexibility index (Phi) is 8.26. The quantitative estimate of drug-likeness (QED) is 0.432. The standard InChI is InChI=1S/C29H30O5/c1-21(30)27-25(31)17-26(32-18-22-11-5-2-6-12-22)28(33-19-23-13-7-3-8-14-23)29(27)34-20-24-15-9-4-10-16-24/h2-16,26,28-29,31H,17-20H2,1H3/t26-,28+,29+/m1/s1. The van der Waals surface area contributed by atoms with Crippen molar-refractivity contribution in [3.63, 3.8) is 0 Å². The zero-order valence-electron chi connectivity index (χ0n) is 19.3. The molecule has 0 unspecified atom stereocenters. The van der Waals surface area contributed by atoms with Crippen LogP contribution in [0.1, 0.15) is 30.0 Å². The average Bonchev–Trinajstić information content (AvgIpc) is 2.87. The maximum Gasteiger partial charge on any atom is 0.161 e. The van der Waals surface area contributed by atoms with E-state index in [9.17, 15) is 9.90 Å². The van der Waals surface area contributed by atoms with Crippen LogP contribution >= 0.6 is 0 Å². The van der Waals surface area contributed by atoms with Crippen molar-refractivity contribution in [1.82, 2.24) is 0 Å². The third-order valence-electron chi connectivity index (χ3n) is 5.90. The van der Waals surface area contributed by atoms with E-state index >= 15 is 0 Å². The number of carbonyl (C=O) groups excluding carboxylic acids is 1. The highest BCUT2D eigenvalue weighted by molar-refractivity contribution is 5.95. The van der Waals surface area contributed by atoms with Gasteiger partial charge in [-0.3, -0.25) is 4.79 Å². The van der Waals surface area contributed by atoms with Crippen molar-refractivity contribution in [3.8, 4) is 0 Å². The molecule has 0 bridgehead atoms. The third-order valence-corrected chi connectivity index (χ3v) is 5.90. The highest BCUT2D eigenvalue weighted by atomic mass is 16.6. The molecule has 0 spiro atoms. The van der Waals surface area contributed by atoms with Gasteiger partial charge in [0.2, 0.25) is 0 Å². The summed E-state index contributed by atoms with van der Waals surface area (Å²) in [6, 6.07) is 29.4. The maximum atomic E-state index is 12.5. The Morgan fingerprint density at radius 1 is 0.735 bits per heavy atom. The lowest BCUT2D eigenvalue weighted by atomic mass is 9.87. The Hall–Kier alpha value is -3.25. The molecule has 0 saturated carbocycles. The Morgan fingerprint density at radius 3 is 1.65 bits per heavy atom. The zero-order chi connectivity index (χ0) is 23.8. The second-order valence-corrected chi connectivity index (χ2v) is 8.43. The van der Waals surface area contributed by atoms with E-state index in [0.29, 0.717) is 13.2 Å². The zero-order valence-corrected chi connectivity index (χ0v) is 19.3. The minimum Gasteiger partial charge on any atom is -0.512 e. The van der Waals surface area contributed by atoms with E-state index in [2.05, 4.69) is 0 Å².